The second-order valence-corrected chi connectivity index (χ2v) is 2.75. The van der Waals surface area contributed by atoms with Crippen LogP contribution < -0.4 is 0 Å². The summed E-state index contributed by atoms with van der Waals surface area (Å²) in [5.41, 5.74) is 0. The van der Waals surface area contributed by atoms with Gasteiger partial charge in [-0.1, -0.05) is 20.3 Å². The SMILES string of the molecule is CCCC/C=C/OC(=O)CCC. The van der Waals surface area contributed by atoms with Gasteiger partial charge in [0.05, 0.1) is 6.26 Å². The molecule has 70 valence electrons. The summed E-state index contributed by atoms with van der Waals surface area (Å²) < 4.78 is 4.81. The third-order valence-electron chi connectivity index (χ3n) is 1.47. The Morgan fingerprint density at radius 1 is 1.33 bits per heavy atom. The summed E-state index contributed by atoms with van der Waals surface area (Å²) in [6, 6.07) is 0. The lowest BCUT2D eigenvalue weighted by Crippen LogP contribution is -1.97. The Morgan fingerprint density at radius 2 is 2.08 bits per heavy atom. The molecule has 0 aliphatic carbocycles. The standard InChI is InChI=1S/C10H18O2/c1-3-5-6-7-9-12-10(11)8-4-2/h7,9H,3-6,8H2,1-2H3/b9-7+. The Hall–Kier alpha value is -0.790. The fourth-order valence-electron chi connectivity index (χ4n) is 0.777. The number of allylic oxidation sites excluding steroid dienone is 1. The fraction of sp³-hybridized carbons (Fsp3) is 0.700. The van der Waals surface area contributed by atoms with E-state index >= 15 is 0 Å². The quantitative estimate of drug-likeness (QED) is 0.348. The topological polar surface area (TPSA) is 26.3 Å². The predicted molar refractivity (Wildman–Crippen MR) is 49.7 cm³/mol. The van der Waals surface area contributed by atoms with Crippen LogP contribution in [-0.4, -0.2) is 5.97 Å². The van der Waals surface area contributed by atoms with Gasteiger partial charge in [0.1, 0.15) is 0 Å². The zero-order valence-electron chi connectivity index (χ0n) is 8.01. The minimum atomic E-state index is -0.134. The van der Waals surface area contributed by atoms with Crippen LogP contribution in [0.3, 0.4) is 0 Å². The van der Waals surface area contributed by atoms with Crippen LogP contribution in [0.25, 0.3) is 0 Å². The molecule has 2 heteroatoms. The van der Waals surface area contributed by atoms with Crippen LogP contribution in [0.5, 0.6) is 0 Å². The number of hydrogen-bond donors (Lipinski definition) is 0. The van der Waals surface area contributed by atoms with Gasteiger partial charge in [-0.25, -0.2) is 0 Å². The molecular weight excluding hydrogens is 152 g/mol. The summed E-state index contributed by atoms with van der Waals surface area (Å²) in [5, 5.41) is 0. The highest BCUT2D eigenvalue weighted by Gasteiger charge is 1.95. The van der Waals surface area contributed by atoms with Gasteiger partial charge in [0, 0.05) is 6.42 Å². The van der Waals surface area contributed by atoms with Crippen LogP contribution in [0.15, 0.2) is 12.3 Å². The second-order valence-electron chi connectivity index (χ2n) is 2.75. The highest BCUT2D eigenvalue weighted by molar-refractivity contribution is 5.69. The molecule has 0 saturated carbocycles. The number of carbonyl (C=O) groups excluding carboxylic acids is 1. The van der Waals surface area contributed by atoms with E-state index in [1.54, 1.807) is 0 Å². The summed E-state index contributed by atoms with van der Waals surface area (Å²) in [4.78, 5) is 10.8. The van der Waals surface area contributed by atoms with Crippen molar-refractivity contribution >= 4 is 5.97 Å². The van der Waals surface area contributed by atoms with Crippen molar-refractivity contribution < 1.29 is 9.53 Å². The minimum absolute atomic E-state index is 0.134. The second kappa shape index (κ2) is 8.31. The van der Waals surface area contributed by atoms with Crippen molar-refractivity contribution in [2.24, 2.45) is 0 Å². The van der Waals surface area contributed by atoms with Crippen LogP contribution in [0, 0.1) is 0 Å². The monoisotopic (exact) mass is 170 g/mol. The van der Waals surface area contributed by atoms with Crippen LogP contribution in [0.1, 0.15) is 46.0 Å². The lowest BCUT2D eigenvalue weighted by Gasteiger charge is -1.95. The van der Waals surface area contributed by atoms with E-state index in [0.717, 1.165) is 19.3 Å². The zero-order valence-corrected chi connectivity index (χ0v) is 8.01. The first-order valence-corrected chi connectivity index (χ1v) is 4.65. The molecule has 0 unspecified atom stereocenters. The maximum atomic E-state index is 10.8. The molecule has 0 heterocycles. The Morgan fingerprint density at radius 3 is 2.67 bits per heavy atom. The average Bonchev–Trinajstić information content (AvgIpc) is 2.05. The Bertz CT molecular complexity index is 139. The van der Waals surface area contributed by atoms with E-state index in [1.165, 1.54) is 12.7 Å². The van der Waals surface area contributed by atoms with Gasteiger partial charge >= 0.3 is 5.97 Å². The van der Waals surface area contributed by atoms with Gasteiger partial charge in [-0.15, -0.1) is 0 Å². The number of ether oxygens (including phenoxy) is 1. The normalized spacial score (nSPS) is 10.5. The molecule has 0 aromatic heterocycles. The van der Waals surface area contributed by atoms with Gasteiger partial charge in [0.2, 0.25) is 0 Å². The first-order chi connectivity index (χ1) is 5.81. The lowest BCUT2D eigenvalue weighted by molar-refractivity contribution is -0.138. The van der Waals surface area contributed by atoms with E-state index in [1.807, 2.05) is 13.0 Å². The number of esters is 1. The number of hydrogen-bond acceptors (Lipinski definition) is 2. The van der Waals surface area contributed by atoms with Gasteiger partial charge in [-0.3, -0.25) is 4.79 Å². The third kappa shape index (κ3) is 7.32. The summed E-state index contributed by atoms with van der Waals surface area (Å²) in [7, 11) is 0. The zero-order chi connectivity index (χ0) is 9.23. The highest BCUT2D eigenvalue weighted by atomic mass is 16.5. The van der Waals surface area contributed by atoms with Gasteiger partial charge in [-0.05, 0) is 25.3 Å². The third-order valence-corrected chi connectivity index (χ3v) is 1.47. The number of carbonyl (C=O) groups is 1. The molecule has 0 radical (unpaired) electrons. The molecule has 0 aliphatic rings. The maximum Gasteiger partial charge on any atom is 0.310 e. The van der Waals surface area contributed by atoms with Crippen molar-refractivity contribution in [3.8, 4) is 0 Å². The van der Waals surface area contributed by atoms with E-state index in [2.05, 4.69) is 6.92 Å². The lowest BCUT2D eigenvalue weighted by atomic mass is 10.2. The molecule has 0 fully saturated rings. The van der Waals surface area contributed by atoms with Crippen molar-refractivity contribution in [2.45, 2.75) is 46.0 Å². The van der Waals surface area contributed by atoms with Gasteiger partial charge in [0.15, 0.2) is 0 Å². The molecule has 0 aliphatic heterocycles. The Labute approximate surface area is 74.6 Å². The minimum Gasteiger partial charge on any atom is -0.435 e. The van der Waals surface area contributed by atoms with E-state index in [-0.39, 0.29) is 5.97 Å². The number of unbranched alkanes of at least 4 members (excludes halogenated alkanes) is 2. The molecule has 0 N–H and O–H groups in total. The van der Waals surface area contributed by atoms with Gasteiger partial charge in [0.25, 0.3) is 0 Å². The maximum absolute atomic E-state index is 10.8. The van der Waals surface area contributed by atoms with Gasteiger partial charge < -0.3 is 4.74 Å². The predicted octanol–water partition coefficient (Wildman–Crippen LogP) is 3.03. The average molecular weight is 170 g/mol. The van der Waals surface area contributed by atoms with Gasteiger partial charge in [-0.2, -0.15) is 0 Å². The molecule has 0 spiro atoms. The molecule has 0 rings (SSSR count). The fourth-order valence-corrected chi connectivity index (χ4v) is 0.777. The molecule has 0 aromatic carbocycles. The van der Waals surface area contributed by atoms with E-state index in [9.17, 15) is 4.79 Å². The summed E-state index contributed by atoms with van der Waals surface area (Å²) in [5.74, 6) is -0.134. The largest absolute Gasteiger partial charge is 0.435 e. The van der Waals surface area contributed by atoms with Crippen LogP contribution >= 0.6 is 0 Å². The van der Waals surface area contributed by atoms with Crippen molar-refractivity contribution in [3.05, 3.63) is 12.3 Å². The van der Waals surface area contributed by atoms with Crippen molar-refractivity contribution in [2.75, 3.05) is 0 Å². The van der Waals surface area contributed by atoms with Crippen molar-refractivity contribution in [1.82, 2.24) is 0 Å². The smallest absolute Gasteiger partial charge is 0.310 e. The molecule has 0 saturated heterocycles. The van der Waals surface area contributed by atoms with Crippen LogP contribution in [-0.2, 0) is 9.53 Å². The summed E-state index contributed by atoms with van der Waals surface area (Å²) in [6.45, 7) is 4.10. The summed E-state index contributed by atoms with van der Waals surface area (Å²) in [6.07, 6.45) is 8.09. The molecule has 0 atom stereocenters. The van der Waals surface area contributed by atoms with Crippen LogP contribution in [0.2, 0.25) is 0 Å². The van der Waals surface area contributed by atoms with Crippen molar-refractivity contribution in [1.29, 1.82) is 0 Å². The highest BCUT2D eigenvalue weighted by Crippen LogP contribution is 1.96. The molecule has 12 heavy (non-hydrogen) atoms. The Balaban J connectivity index is 3.27. The van der Waals surface area contributed by atoms with Crippen molar-refractivity contribution in [3.63, 3.8) is 0 Å². The first-order valence-electron chi connectivity index (χ1n) is 4.65. The van der Waals surface area contributed by atoms with E-state index in [4.69, 9.17) is 4.74 Å². The van der Waals surface area contributed by atoms with E-state index < -0.39 is 0 Å². The molecule has 0 amide bonds. The van der Waals surface area contributed by atoms with Crippen LogP contribution in [0.4, 0.5) is 0 Å². The molecular formula is C10H18O2. The number of rotatable bonds is 6. The first kappa shape index (κ1) is 11.2. The van der Waals surface area contributed by atoms with E-state index in [0.29, 0.717) is 6.42 Å². The summed E-state index contributed by atoms with van der Waals surface area (Å²) >= 11 is 0. The molecule has 0 aromatic rings. The molecule has 0 bridgehead atoms. The molecule has 2 nitrogen and oxygen atoms in total. The Kier molecular flexibility index (Phi) is 7.76.